The molecule has 2 atom stereocenters. The Balaban J connectivity index is 1.83. The van der Waals surface area contributed by atoms with Gasteiger partial charge in [0.1, 0.15) is 0 Å². The first kappa shape index (κ1) is 15.2. The van der Waals surface area contributed by atoms with Crippen molar-refractivity contribution in [3.63, 3.8) is 0 Å². The van der Waals surface area contributed by atoms with E-state index < -0.39 is 0 Å². The number of ether oxygens (including phenoxy) is 2. The highest BCUT2D eigenvalue weighted by atomic mass is 16.5. The molecule has 0 aliphatic heterocycles. The van der Waals surface area contributed by atoms with Crippen LogP contribution in [0.1, 0.15) is 51.5 Å². The fraction of sp³-hybridized carbons (Fsp3) is 0.667. The smallest absolute Gasteiger partial charge is 0.160 e. The summed E-state index contributed by atoms with van der Waals surface area (Å²) in [6.45, 7) is 4.75. The van der Waals surface area contributed by atoms with Crippen molar-refractivity contribution in [2.75, 3.05) is 14.2 Å². The Hall–Kier alpha value is -1.18. The highest BCUT2D eigenvalue weighted by molar-refractivity contribution is 5.42. The summed E-state index contributed by atoms with van der Waals surface area (Å²) < 4.78 is 10.6. The van der Waals surface area contributed by atoms with Crippen molar-refractivity contribution in [3.05, 3.63) is 23.8 Å². The highest BCUT2D eigenvalue weighted by Gasteiger charge is 2.47. The third kappa shape index (κ3) is 3.47. The summed E-state index contributed by atoms with van der Waals surface area (Å²) in [5.74, 6) is 2.64. The fourth-order valence-corrected chi connectivity index (χ4v) is 3.34. The van der Waals surface area contributed by atoms with Crippen molar-refractivity contribution in [1.29, 1.82) is 0 Å². The predicted molar refractivity (Wildman–Crippen MR) is 83.6 cm³/mol. The number of rotatable bonds is 8. The molecule has 1 aliphatic carbocycles. The minimum Gasteiger partial charge on any atom is -0.493 e. The normalized spacial score (nSPS) is 24.5. The molecule has 2 nitrogen and oxygen atoms in total. The van der Waals surface area contributed by atoms with Gasteiger partial charge in [-0.05, 0) is 54.7 Å². The van der Waals surface area contributed by atoms with Crippen LogP contribution in [0.25, 0.3) is 0 Å². The van der Waals surface area contributed by atoms with Crippen molar-refractivity contribution in [3.8, 4) is 11.5 Å². The molecule has 1 aliphatic rings. The molecule has 20 heavy (non-hydrogen) atoms. The Morgan fingerprint density at radius 2 is 1.95 bits per heavy atom. The van der Waals surface area contributed by atoms with Gasteiger partial charge in [0.2, 0.25) is 0 Å². The van der Waals surface area contributed by atoms with Gasteiger partial charge in [0.05, 0.1) is 14.2 Å². The van der Waals surface area contributed by atoms with Gasteiger partial charge in [-0.2, -0.15) is 0 Å². The van der Waals surface area contributed by atoms with Crippen LogP contribution in [0.15, 0.2) is 18.2 Å². The van der Waals surface area contributed by atoms with Gasteiger partial charge >= 0.3 is 0 Å². The summed E-state index contributed by atoms with van der Waals surface area (Å²) >= 11 is 0. The minimum atomic E-state index is 0.632. The molecule has 2 heteroatoms. The van der Waals surface area contributed by atoms with Crippen LogP contribution in [0.2, 0.25) is 0 Å². The minimum absolute atomic E-state index is 0.632. The molecule has 0 N–H and O–H groups in total. The Morgan fingerprint density at radius 3 is 2.60 bits per heavy atom. The lowest BCUT2D eigenvalue weighted by Gasteiger charge is -2.12. The largest absolute Gasteiger partial charge is 0.493 e. The van der Waals surface area contributed by atoms with Crippen molar-refractivity contribution in [1.82, 2.24) is 0 Å². The maximum Gasteiger partial charge on any atom is 0.160 e. The van der Waals surface area contributed by atoms with Crippen LogP contribution in [0.4, 0.5) is 0 Å². The van der Waals surface area contributed by atoms with E-state index in [0.29, 0.717) is 5.41 Å². The number of benzene rings is 1. The van der Waals surface area contributed by atoms with E-state index in [0.717, 1.165) is 23.8 Å². The van der Waals surface area contributed by atoms with Crippen molar-refractivity contribution >= 4 is 0 Å². The van der Waals surface area contributed by atoms with E-state index in [1.807, 2.05) is 6.07 Å². The number of hydrogen-bond donors (Lipinski definition) is 0. The van der Waals surface area contributed by atoms with Gasteiger partial charge in [-0.25, -0.2) is 0 Å². The van der Waals surface area contributed by atoms with Crippen LogP contribution in [0.5, 0.6) is 11.5 Å². The molecule has 0 heterocycles. The zero-order valence-corrected chi connectivity index (χ0v) is 13.4. The van der Waals surface area contributed by atoms with Gasteiger partial charge in [0.15, 0.2) is 11.5 Å². The van der Waals surface area contributed by atoms with Gasteiger partial charge in [0, 0.05) is 0 Å². The molecular weight excluding hydrogens is 248 g/mol. The van der Waals surface area contributed by atoms with Crippen LogP contribution in [-0.4, -0.2) is 14.2 Å². The third-order valence-electron chi connectivity index (χ3n) is 4.84. The molecule has 0 saturated heterocycles. The summed E-state index contributed by atoms with van der Waals surface area (Å²) in [5, 5.41) is 0. The first-order valence-electron chi connectivity index (χ1n) is 7.84. The third-order valence-corrected chi connectivity index (χ3v) is 4.84. The molecule has 112 valence electrons. The summed E-state index contributed by atoms with van der Waals surface area (Å²) in [5.41, 5.74) is 1.98. The maximum atomic E-state index is 5.36. The monoisotopic (exact) mass is 276 g/mol. The summed E-state index contributed by atoms with van der Waals surface area (Å²) in [7, 11) is 3.38. The molecule has 0 aromatic heterocycles. The van der Waals surface area contributed by atoms with Crippen molar-refractivity contribution in [2.45, 2.75) is 52.4 Å². The van der Waals surface area contributed by atoms with Crippen LogP contribution >= 0.6 is 0 Å². The summed E-state index contributed by atoms with van der Waals surface area (Å²) in [4.78, 5) is 0. The zero-order chi connectivity index (χ0) is 14.6. The van der Waals surface area contributed by atoms with Gasteiger partial charge in [0.25, 0.3) is 0 Å². The van der Waals surface area contributed by atoms with E-state index in [9.17, 15) is 0 Å². The highest BCUT2D eigenvalue weighted by Crippen LogP contribution is 2.57. The molecule has 1 fully saturated rings. The Labute approximate surface area is 123 Å². The van der Waals surface area contributed by atoms with E-state index in [1.165, 1.54) is 37.7 Å². The molecular formula is C18H28O2. The standard InChI is InChI=1S/C18H28O2/c1-5-7-15-13-18(15,2)11-6-8-14-9-10-16(19-3)17(12-14)20-4/h9-10,12,15H,5-8,11,13H2,1-4H3. The van der Waals surface area contributed by atoms with Crippen LogP contribution in [0.3, 0.4) is 0 Å². The Bertz CT molecular complexity index is 441. The molecule has 0 bridgehead atoms. The lowest BCUT2D eigenvalue weighted by molar-refractivity contribution is 0.354. The molecule has 0 spiro atoms. The second-order valence-electron chi connectivity index (χ2n) is 6.39. The molecule has 0 amide bonds. The van der Waals surface area contributed by atoms with E-state index in [4.69, 9.17) is 9.47 Å². The van der Waals surface area contributed by atoms with Crippen LogP contribution in [-0.2, 0) is 6.42 Å². The van der Waals surface area contributed by atoms with Gasteiger partial charge in [-0.1, -0.05) is 32.8 Å². The lowest BCUT2D eigenvalue weighted by Crippen LogP contribution is -2.00. The predicted octanol–water partition coefficient (Wildman–Crippen LogP) is 4.85. The van der Waals surface area contributed by atoms with Crippen molar-refractivity contribution < 1.29 is 9.47 Å². The van der Waals surface area contributed by atoms with Crippen molar-refractivity contribution in [2.24, 2.45) is 11.3 Å². The first-order valence-corrected chi connectivity index (χ1v) is 7.84. The summed E-state index contributed by atoms with van der Waals surface area (Å²) in [6, 6.07) is 6.27. The maximum absolute atomic E-state index is 5.36. The Morgan fingerprint density at radius 1 is 1.20 bits per heavy atom. The zero-order valence-electron chi connectivity index (χ0n) is 13.4. The molecule has 1 aromatic carbocycles. The number of methoxy groups -OCH3 is 2. The molecule has 0 radical (unpaired) electrons. The van der Waals surface area contributed by atoms with Crippen LogP contribution in [0, 0.1) is 11.3 Å². The average molecular weight is 276 g/mol. The molecule has 1 saturated carbocycles. The van der Waals surface area contributed by atoms with E-state index in [2.05, 4.69) is 26.0 Å². The molecule has 2 rings (SSSR count). The van der Waals surface area contributed by atoms with Gasteiger partial charge in [-0.15, -0.1) is 0 Å². The first-order chi connectivity index (χ1) is 9.62. The second kappa shape index (κ2) is 6.51. The summed E-state index contributed by atoms with van der Waals surface area (Å²) in [6.07, 6.45) is 7.93. The second-order valence-corrected chi connectivity index (χ2v) is 6.39. The van der Waals surface area contributed by atoms with Gasteiger partial charge < -0.3 is 9.47 Å². The SMILES string of the molecule is CCCC1CC1(C)CCCc1ccc(OC)c(OC)c1. The molecule has 1 aromatic rings. The Kier molecular flexibility index (Phi) is 4.95. The average Bonchev–Trinajstić information content (AvgIpc) is 3.09. The van der Waals surface area contributed by atoms with E-state index >= 15 is 0 Å². The van der Waals surface area contributed by atoms with E-state index in [1.54, 1.807) is 14.2 Å². The topological polar surface area (TPSA) is 18.5 Å². The lowest BCUT2D eigenvalue weighted by atomic mass is 9.95. The number of aryl methyl sites for hydroxylation is 1. The van der Waals surface area contributed by atoms with E-state index in [-0.39, 0.29) is 0 Å². The number of hydrogen-bond acceptors (Lipinski definition) is 2. The molecule has 2 unspecified atom stereocenters. The fourth-order valence-electron chi connectivity index (χ4n) is 3.34. The quantitative estimate of drug-likeness (QED) is 0.675. The van der Waals surface area contributed by atoms with Crippen LogP contribution < -0.4 is 9.47 Å². The van der Waals surface area contributed by atoms with Gasteiger partial charge in [-0.3, -0.25) is 0 Å².